The zero-order valence-corrected chi connectivity index (χ0v) is 12.2. The van der Waals surface area contributed by atoms with E-state index in [0.717, 1.165) is 12.3 Å². The molecule has 118 valence electrons. The zero-order valence-electron chi connectivity index (χ0n) is 11.3. The third kappa shape index (κ3) is 4.14. The summed E-state index contributed by atoms with van der Waals surface area (Å²) in [5.41, 5.74) is -0.291. The largest absolute Gasteiger partial charge is 0.508 e. The fourth-order valence-corrected chi connectivity index (χ4v) is 2.47. The first-order chi connectivity index (χ1) is 10.0. The van der Waals surface area contributed by atoms with Crippen LogP contribution < -0.4 is 4.72 Å². The van der Waals surface area contributed by atoms with Gasteiger partial charge in [-0.25, -0.2) is 8.42 Å². The van der Waals surface area contributed by atoms with E-state index in [0.29, 0.717) is 11.6 Å². The fraction of sp³-hybridized carbons (Fsp3) is 0.143. The predicted octanol–water partition coefficient (Wildman–Crippen LogP) is 3.45. The van der Waals surface area contributed by atoms with Crippen molar-refractivity contribution in [3.63, 3.8) is 0 Å². The van der Waals surface area contributed by atoms with Crippen LogP contribution in [0.1, 0.15) is 5.56 Å². The number of phenols is 1. The number of phenolic OH excluding ortho intramolecular Hbond substituents is 1. The zero-order chi connectivity index (χ0) is 16.5. The molecule has 2 N–H and O–H groups in total. The van der Waals surface area contributed by atoms with Crippen molar-refractivity contribution in [2.75, 3.05) is 11.0 Å². The van der Waals surface area contributed by atoms with Gasteiger partial charge in [0.25, 0.3) is 0 Å². The third-order valence-electron chi connectivity index (χ3n) is 2.74. The molecule has 0 spiro atoms. The number of aromatic hydroxyl groups is 1. The number of nitrogens with one attached hydrogen (secondary N) is 1. The van der Waals surface area contributed by atoms with Crippen LogP contribution in [0.5, 0.6) is 5.75 Å². The van der Waals surface area contributed by atoms with E-state index >= 15 is 0 Å². The van der Waals surface area contributed by atoms with Crippen LogP contribution in [-0.4, -0.2) is 19.8 Å². The summed E-state index contributed by atoms with van der Waals surface area (Å²) in [4.78, 5) is 0. The van der Waals surface area contributed by atoms with Gasteiger partial charge >= 0.3 is 6.18 Å². The van der Waals surface area contributed by atoms with Crippen molar-refractivity contribution in [3.8, 4) is 16.9 Å². The van der Waals surface area contributed by atoms with E-state index < -0.39 is 27.5 Å². The van der Waals surface area contributed by atoms with Gasteiger partial charge < -0.3 is 5.11 Å². The molecule has 4 nitrogen and oxygen atoms in total. The average molecular weight is 331 g/mol. The minimum atomic E-state index is -4.59. The molecule has 0 unspecified atom stereocenters. The van der Waals surface area contributed by atoms with E-state index in [4.69, 9.17) is 0 Å². The van der Waals surface area contributed by atoms with Crippen LogP contribution in [-0.2, 0) is 16.2 Å². The van der Waals surface area contributed by atoms with Gasteiger partial charge in [-0.3, -0.25) is 4.72 Å². The van der Waals surface area contributed by atoms with Gasteiger partial charge in [-0.2, -0.15) is 13.2 Å². The van der Waals surface area contributed by atoms with Gasteiger partial charge in [0.15, 0.2) is 0 Å². The number of alkyl halides is 3. The highest BCUT2D eigenvalue weighted by molar-refractivity contribution is 7.92. The molecule has 0 fully saturated rings. The second-order valence-electron chi connectivity index (χ2n) is 4.72. The smallest absolute Gasteiger partial charge is 0.416 e. The van der Waals surface area contributed by atoms with E-state index in [9.17, 15) is 26.7 Å². The van der Waals surface area contributed by atoms with Crippen molar-refractivity contribution >= 4 is 15.7 Å². The maximum atomic E-state index is 12.8. The van der Waals surface area contributed by atoms with Crippen LogP contribution >= 0.6 is 0 Å². The van der Waals surface area contributed by atoms with Gasteiger partial charge in [-0.15, -0.1) is 0 Å². The van der Waals surface area contributed by atoms with Gasteiger partial charge in [0.1, 0.15) is 5.75 Å². The molecule has 0 aliphatic rings. The number of benzene rings is 2. The Morgan fingerprint density at radius 3 is 2.32 bits per heavy atom. The van der Waals surface area contributed by atoms with Crippen LogP contribution in [0, 0.1) is 0 Å². The second-order valence-corrected chi connectivity index (χ2v) is 6.47. The molecule has 0 aliphatic carbocycles. The lowest BCUT2D eigenvalue weighted by atomic mass is 10.0. The fourth-order valence-electron chi connectivity index (χ4n) is 1.92. The minimum Gasteiger partial charge on any atom is -0.508 e. The highest BCUT2D eigenvalue weighted by Gasteiger charge is 2.31. The van der Waals surface area contributed by atoms with Crippen LogP contribution in [0.3, 0.4) is 0 Å². The molecule has 8 heteroatoms. The maximum Gasteiger partial charge on any atom is 0.416 e. The van der Waals surface area contributed by atoms with Crippen molar-refractivity contribution in [1.82, 2.24) is 0 Å². The van der Waals surface area contributed by atoms with E-state index in [2.05, 4.69) is 4.72 Å². The Hall–Kier alpha value is -2.22. The third-order valence-corrected chi connectivity index (χ3v) is 3.35. The number of sulfonamides is 1. The van der Waals surface area contributed by atoms with Gasteiger partial charge in [-0.05, 0) is 41.5 Å². The molecule has 0 radical (unpaired) electrons. The van der Waals surface area contributed by atoms with Gasteiger partial charge in [0.2, 0.25) is 10.0 Å². The molecule has 2 rings (SSSR count). The normalized spacial score (nSPS) is 12.2. The Bertz CT molecular complexity index is 801. The number of hydrogen-bond donors (Lipinski definition) is 2. The quantitative estimate of drug-likeness (QED) is 0.905. The highest BCUT2D eigenvalue weighted by Crippen LogP contribution is 2.35. The first-order valence-electron chi connectivity index (χ1n) is 6.04. The minimum absolute atomic E-state index is 0.129. The molecule has 0 heterocycles. The number of halogens is 3. The standard InChI is InChI=1S/C14H12F3NO3S/c1-22(20,21)18-12-4-2-3-9(6-12)10-5-11(14(15,16)17)8-13(19)7-10/h2-8,18-19H,1H3. The molecule has 0 saturated carbocycles. The molecular formula is C14H12F3NO3S. The Morgan fingerprint density at radius 1 is 1.05 bits per heavy atom. The molecule has 0 atom stereocenters. The van der Waals surface area contributed by atoms with Crippen molar-refractivity contribution in [2.24, 2.45) is 0 Å². The maximum absolute atomic E-state index is 12.8. The summed E-state index contributed by atoms with van der Waals surface area (Å²) in [5.74, 6) is -0.522. The number of hydrogen-bond acceptors (Lipinski definition) is 3. The lowest BCUT2D eigenvalue weighted by Gasteiger charge is -2.11. The van der Waals surface area contributed by atoms with Crippen LogP contribution in [0.2, 0.25) is 0 Å². The van der Waals surface area contributed by atoms with E-state index in [1.807, 2.05) is 0 Å². The summed E-state index contributed by atoms with van der Waals surface area (Å²) in [7, 11) is -3.50. The molecule has 0 amide bonds. The molecular weight excluding hydrogens is 319 g/mol. The van der Waals surface area contributed by atoms with Gasteiger partial charge in [-0.1, -0.05) is 12.1 Å². The Morgan fingerprint density at radius 2 is 1.73 bits per heavy atom. The lowest BCUT2D eigenvalue weighted by Crippen LogP contribution is -2.09. The second kappa shape index (κ2) is 5.53. The Balaban J connectivity index is 2.48. The topological polar surface area (TPSA) is 66.4 Å². The molecule has 0 bridgehead atoms. The predicted molar refractivity (Wildman–Crippen MR) is 77.0 cm³/mol. The van der Waals surface area contributed by atoms with Crippen LogP contribution in [0.25, 0.3) is 11.1 Å². The summed E-state index contributed by atoms with van der Waals surface area (Å²) < 4.78 is 62.9. The van der Waals surface area contributed by atoms with Crippen molar-refractivity contribution in [1.29, 1.82) is 0 Å². The lowest BCUT2D eigenvalue weighted by molar-refractivity contribution is -0.137. The van der Waals surface area contributed by atoms with Crippen molar-refractivity contribution in [3.05, 3.63) is 48.0 Å². The Labute approximate surface area is 125 Å². The summed E-state index contributed by atoms with van der Waals surface area (Å²) in [6.07, 6.45) is -3.62. The SMILES string of the molecule is CS(=O)(=O)Nc1cccc(-c2cc(O)cc(C(F)(F)F)c2)c1. The van der Waals surface area contributed by atoms with Gasteiger partial charge in [0.05, 0.1) is 11.8 Å². The van der Waals surface area contributed by atoms with E-state index in [1.165, 1.54) is 30.3 Å². The highest BCUT2D eigenvalue weighted by atomic mass is 32.2. The molecule has 22 heavy (non-hydrogen) atoms. The van der Waals surface area contributed by atoms with Gasteiger partial charge in [0, 0.05) is 5.69 Å². The average Bonchev–Trinajstić information content (AvgIpc) is 2.35. The van der Waals surface area contributed by atoms with Crippen molar-refractivity contribution < 1.29 is 26.7 Å². The van der Waals surface area contributed by atoms with Crippen molar-refractivity contribution in [2.45, 2.75) is 6.18 Å². The monoisotopic (exact) mass is 331 g/mol. The molecule has 0 aromatic heterocycles. The summed E-state index contributed by atoms with van der Waals surface area (Å²) >= 11 is 0. The summed E-state index contributed by atoms with van der Waals surface area (Å²) in [5, 5.41) is 9.46. The first kappa shape index (κ1) is 16.2. The molecule has 2 aromatic rings. The first-order valence-corrected chi connectivity index (χ1v) is 7.93. The van der Waals surface area contributed by atoms with E-state index in [1.54, 1.807) is 0 Å². The Kier molecular flexibility index (Phi) is 4.06. The summed E-state index contributed by atoms with van der Waals surface area (Å²) in [6.45, 7) is 0. The van der Waals surface area contributed by atoms with Crippen LogP contribution in [0.15, 0.2) is 42.5 Å². The molecule has 0 aliphatic heterocycles. The van der Waals surface area contributed by atoms with E-state index in [-0.39, 0.29) is 11.3 Å². The molecule has 0 saturated heterocycles. The number of anilines is 1. The summed E-state index contributed by atoms with van der Waals surface area (Å²) in [6, 6.07) is 8.56. The number of rotatable bonds is 3. The van der Waals surface area contributed by atoms with Crippen LogP contribution in [0.4, 0.5) is 18.9 Å². The molecule has 2 aromatic carbocycles.